The molecule has 3 rings (SSSR count). The predicted octanol–water partition coefficient (Wildman–Crippen LogP) is 2.13. The third-order valence-corrected chi connectivity index (χ3v) is 3.80. The number of nitrogens with zero attached hydrogens (tertiary/aromatic N) is 2. The molecule has 0 amide bonds. The Morgan fingerprint density at radius 2 is 2.28 bits per heavy atom. The van der Waals surface area contributed by atoms with Crippen LogP contribution < -0.4 is 10.2 Å². The lowest BCUT2D eigenvalue weighted by molar-refractivity contribution is 0.187. The first kappa shape index (κ1) is 11.8. The van der Waals surface area contributed by atoms with E-state index >= 15 is 0 Å². The molecule has 0 bridgehead atoms. The third-order valence-electron chi connectivity index (χ3n) is 3.80. The molecule has 3 heterocycles. The molecule has 0 radical (unpaired) electrons. The molecule has 1 aromatic heterocycles. The van der Waals surface area contributed by atoms with Crippen molar-refractivity contribution >= 4 is 11.5 Å². The zero-order chi connectivity index (χ0) is 12.2. The molecule has 1 atom stereocenters. The number of rotatable bonds is 4. The van der Waals surface area contributed by atoms with Gasteiger partial charge >= 0.3 is 0 Å². The summed E-state index contributed by atoms with van der Waals surface area (Å²) in [5.41, 5.74) is 1.17. The molecule has 0 aliphatic carbocycles. The largest absolute Gasteiger partial charge is 0.382 e. The maximum atomic E-state index is 5.41. The van der Waals surface area contributed by atoms with Crippen molar-refractivity contribution in [3.63, 3.8) is 0 Å². The van der Waals surface area contributed by atoms with Crippen molar-refractivity contribution in [2.75, 3.05) is 43.1 Å². The summed E-state index contributed by atoms with van der Waals surface area (Å²) in [5, 5.41) is 3.55. The lowest BCUT2D eigenvalue weighted by atomic mass is 10.1. The van der Waals surface area contributed by atoms with Crippen LogP contribution in [0.15, 0.2) is 18.3 Å². The summed E-state index contributed by atoms with van der Waals surface area (Å²) >= 11 is 0. The fraction of sp³-hybridized carbons (Fsp3) is 0.643. The normalized spacial score (nSPS) is 23.6. The molecule has 4 nitrogen and oxygen atoms in total. The topological polar surface area (TPSA) is 37.4 Å². The number of nitrogens with one attached hydrogen (secondary N) is 1. The van der Waals surface area contributed by atoms with Gasteiger partial charge in [-0.25, -0.2) is 4.98 Å². The first-order chi connectivity index (χ1) is 8.93. The van der Waals surface area contributed by atoms with Crippen molar-refractivity contribution < 1.29 is 4.74 Å². The monoisotopic (exact) mass is 247 g/mol. The molecule has 2 saturated heterocycles. The molecule has 2 aliphatic heterocycles. The minimum Gasteiger partial charge on any atom is -0.382 e. The Labute approximate surface area is 108 Å². The second-order valence-corrected chi connectivity index (χ2v) is 5.18. The molecule has 98 valence electrons. The van der Waals surface area contributed by atoms with Gasteiger partial charge in [0.2, 0.25) is 0 Å². The Morgan fingerprint density at radius 1 is 1.39 bits per heavy atom. The summed E-state index contributed by atoms with van der Waals surface area (Å²) in [4.78, 5) is 6.92. The lowest BCUT2D eigenvalue weighted by Crippen LogP contribution is -2.22. The summed E-state index contributed by atoms with van der Waals surface area (Å²) in [6.07, 6.45) is 5.63. The van der Waals surface area contributed by atoms with Crippen LogP contribution in [-0.2, 0) is 4.74 Å². The number of hydrogen-bond donors (Lipinski definition) is 1. The third kappa shape index (κ3) is 2.58. The zero-order valence-corrected chi connectivity index (χ0v) is 10.8. The van der Waals surface area contributed by atoms with Gasteiger partial charge in [-0.05, 0) is 31.4 Å². The molecule has 2 aliphatic rings. The summed E-state index contributed by atoms with van der Waals surface area (Å²) in [7, 11) is 0. The Balaban J connectivity index is 1.66. The quantitative estimate of drug-likeness (QED) is 0.884. The van der Waals surface area contributed by atoms with Crippen molar-refractivity contribution in [2.24, 2.45) is 5.92 Å². The van der Waals surface area contributed by atoms with E-state index in [1.165, 1.54) is 24.9 Å². The molecule has 1 unspecified atom stereocenters. The van der Waals surface area contributed by atoms with Crippen molar-refractivity contribution in [3.05, 3.63) is 18.3 Å². The molecule has 0 aromatic carbocycles. The van der Waals surface area contributed by atoms with Gasteiger partial charge in [-0.1, -0.05) is 0 Å². The molecular weight excluding hydrogens is 226 g/mol. The van der Waals surface area contributed by atoms with Gasteiger partial charge < -0.3 is 15.0 Å². The summed E-state index contributed by atoms with van der Waals surface area (Å²) in [5.74, 6) is 1.77. The minimum atomic E-state index is 0.650. The maximum absolute atomic E-state index is 5.41. The molecule has 1 aromatic rings. The molecule has 0 saturated carbocycles. The number of ether oxygens (including phenoxy) is 1. The van der Waals surface area contributed by atoms with E-state index in [9.17, 15) is 0 Å². The number of pyridine rings is 1. The van der Waals surface area contributed by atoms with E-state index in [1.54, 1.807) is 0 Å². The highest BCUT2D eigenvalue weighted by atomic mass is 16.5. The summed E-state index contributed by atoms with van der Waals surface area (Å²) < 4.78 is 5.41. The van der Waals surface area contributed by atoms with Gasteiger partial charge in [0.1, 0.15) is 0 Å². The van der Waals surface area contributed by atoms with Crippen LogP contribution in [-0.4, -0.2) is 37.8 Å². The summed E-state index contributed by atoms with van der Waals surface area (Å²) in [6.45, 7) is 5.08. The van der Waals surface area contributed by atoms with E-state index in [2.05, 4.69) is 21.3 Å². The molecule has 2 fully saturated rings. The second kappa shape index (κ2) is 5.57. The number of anilines is 2. The average molecular weight is 247 g/mol. The van der Waals surface area contributed by atoms with Crippen LogP contribution >= 0.6 is 0 Å². The number of aromatic nitrogens is 1. The summed E-state index contributed by atoms with van der Waals surface area (Å²) in [6, 6.07) is 4.14. The van der Waals surface area contributed by atoms with Gasteiger partial charge in [-0.15, -0.1) is 0 Å². The van der Waals surface area contributed by atoms with Crippen LogP contribution in [0.3, 0.4) is 0 Å². The van der Waals surface area contributed by atoms with Crippen molar-refractivity contribution in [1.29, 1.82) is 0 Å². The van der Waals surface area contributed by atoms with Gasteiger partial charge in [-0.3, -0.25) is 0 Å². The maximum Gasteiger partial charge on any atom is 0.151 e. The highest BCUT2D eigenvalue weighted by Gasteiger charge is 2.19. The Kier molecular flexibility index (Phi) is 3.64. The Hall–Kier alpha value is -1.29. The van der Waals surface area contributed by atoms with E-state index < -0.39 is 0 Å². The van der Waals surface area contributed by atoms with Gasteiger partial charge in [-0.2, -0.15) is 0 Å². The Morgan fingerprint density at radius 3 is 3.06 bits per heavy atom. The van der Waals surface area contributed by atoms with Crippen LogP contribution in [0.2, 0.25) is 0 Å². The SMILES string of the molecule is c1cnc(N2CCCC2)c(NCC2CCOC2)c1. The molecule has 18 heavy (non-hydrogen) atoms. The second-order valence-electron chi connectivity index (χ2n) is 5.18. The van der Waals surface area contributed by atoms with Crippen LogP contribution in [0, 0.1) is 5.92 Å². The van der Waals surface area contributed by atoms with E-state index in [0.29, 0.717) is 5.92 Å². The smallest absolute Gasteiger partial charge is 0.151 e. The van der Waals surface area contributed by atoms with Crippen molar-refractivity contribution in [1.82, 2.24) is 4.98 Å². The lowest BCUT2D eigenvalue weighted by Gasteiger charge is -2.21. The molecule has 0 spiro atoms. The van der Waals surface area contributed by atoms with Gasteiger partial charge in [0, 0.05) is 38.4 Å². The first-order valence-electron chi connectivity index (χ1n) is 6.95. The highest BCUT2D eigenvalue weighted by molar-refractivity contribution is 5.65. The van der Waals surface area contributed by atoms with Gasteiger partial charge in [0.05, 0.1) is 12.3 Å². The zero-order valence-electron chi connectivity index (χ0n) is 10.8. The van der Waals surface area contributed by atoms with Crippen molar-refractivity contribution in [2.45, 2.75) is 19.3 Å². The predicted molar refractivity (Wildman–Crippen MR) is 73.1 cm³/mol. The fourth-order valence-electron chi connectivity index (χ4n) is 2.71. The highest BCUT2D eigenvalue weighted by Crippen LogP contribution is 2.26. The average Bonchev–Trinajstić information content (AvgIpc) is 3.10. The van der Waals surface area contributed by atoms with Crippen LogP contribution in [0.4, 0.5) is 11.5 Å². The Bertz CT molecular complexity index is 384. The fourth-order valence-corrected chi connectivity index (χ4v) is 2.71. The molecule has 4 heteroatoms. The van der Waals surface area contributed by atoms with Crippen LogP contribution in [0.25, 0.3) is 0 Å². The van der Waals surface area contributed by atoms with Gasteiger partial charge in [0.25, 0.3) is 0 Å². The molecular formula is C14H21N3O. The van der Waals surface area contributed by atoms with Crippen LogP contribution in [0.5, 0.6) is 0 Å². The van der Waals surface area contributed by atoms with E-state index in [-0.39, 0.29) is 0 Å². The van der Waals surface area contributed by atoms with Crippen molar-refractivity contribution in [3.8, 4) is 0 Å². The molecule has 1 N–H and O–H groups in total. The van der Waals surface area contributed by atoms with E-state index in [1.807, 2.05) is 12.3 Å². The first-order valence-corrected chi connectivity index (χ1v) is 6.95. The number of hydrogen-bond acceptors (Lipinski definition) is 4. The van der Waals surface area contributed by atoms with Crippen LogP contribution in [0.1, 0.15) is 19.3 Å². The minimum absolute atomic E-state index is 0.650. The van der Waals surface area contributed by atoms with E-state index in [4.69, 9.17) is 4.74 Å². The standard InChI is InChI=1S/C14H21N3O/c1-2-8-17(7-1)14-13(4-3-6-15-14)16-10-12-5-9-18-11-12/h3-4,6,12,16H,1-2,5,7-11H2. The van der Waals surface area contributed by atoms with E-state index in [0.717, 1.165) is 38.7 Å². The van der Waals surface area contributed by atoms with Gasteiger partial charge in [0.15, 0.2) is 5.82 Å².